The molecule has 0 spiro atoms. The Morgan fingerprint density at radius 3 is 2.75 bits per heavy atom. The Hall–Kier alpha value is -1.26. The summed E-state index contributed by atoms with van der Waals surface area (Å²) in [5, 5.41) is 9.47. The van der Waals surface area contributed by atoms with Gasteiger partial charge in [0.1, 0.15) is 5.75 Å². The number of aliphatic hydroxyl groups is 1. The van der Waals surface area contributed by atoms with E-state index in [4.69, 9.17) is 21.4 Å². The van der Waals surface area contributed by atoms with Crippen LogP contribution in [0.2, 0.25) is 5.02 Å². The number of hydrogen-bond acceptors (Lipinski definition) is 3. The predicted molar refractivity (Wildman–Crippen MR) is 61.6 cm³/mol. The molecule has 1 rings (SSSR count). The van der Waals surface area contributed by atoms with E-state index in [1.54, 1.807) is 32.3 Å². The van der Waals surface area contributed by atoms with Crippen LogP contribution in [0.15, 0.2) is 18.2 Å². The van der Waals surface area contributed by atoms with Crippen LogP contribution >= 0.6 is 11.6 Å². The first-order valence-electron chi connectivity index (χ1n) is 4.77. The van der Waals surface area contributed by atoms with E-state index >= 15 is 0 Å². The van der Waals surface area contributed by atoms with Crippen molar-refractivity contribution in [3.8, 4) is 5.75 Å². The molecule has 1 N–H and O–H groups in total. The summed E-state index contributed by atoms with van der Waals surface area (Å²) in [6.07, 6.45) is 0. The van der Waals surface area contributed by atoms with E-state index < -0.39 is 0 Å². The Labute approximate surface area is 99.4 Å². The molecule has 4 nitrogen and oxygen atoms in total. The molecule has 0 heterocycles. The standard InChI is InChI=1S/C11H14ClNO3/c1-13(2)10(15)7-16-11-8(6-14)4-3-5-9(11)12/h3-5,14H,6-7H2,1-2H3. The fourth-order valence-corrected chi connectivity index (χ4v) is 1.35. The number of aliphatic hydroxyl groups excluding tert-OH is 1. The topological polar surface area (TPSA) is 49.8 Å². The number of para-hydroxylation sites is 1. The first-order chi connectivity index (χ1) is 7.56. The highest BCUT2D eigenvalue weighted by Gasteiger charge is 2.10. The smallest absolute Gasteiger partial charge is 0.259 e. The molecule has 0 fully saturated rings. The molecule has 5 heteroatoms. The number of rotatable bonds is 4. The van der Waals surface area contributed by atoms with Crippen molar-refractivity contribution in [1.82, 2.24) is 4.90 Å². The summed E-state index contributed by atoms with van der Waals surface area (Å²) in [7, 11) is 3.29. The second kappa shape index (κ2) is 5.72. The molecule has 1 amide bonds. The largest absolute Gasteiger partial charge is 0.482 e. The molecule has 0 atom stereocenters. The molecular weight excluding hydrogens is 230 g/mol. The number of amides is 1. The van der Waals surface area contributed by atoms with Crippen LogP contribution in [-0.2, 0) is 11.4 Å². The number of hydrogen-bond donors (Lipinski definition) is 1. The summed E-state index contributed by atoms with van der Waals surface area (Å²) in [6, 6.07) is 5.06. The molecule has 0 aliphatic carbocycles. The Morgan fingerprint density at radius 1 is 1.50 bits per heavy atom. The first-order valence-corrected chi connectivity index (χ1v) is 5.15. The second-order valence-corrected chi connectivity index (χ2v) is 3.87. The van der Waals surface area contributed by atoms with E-state index in [1.807, 2.05) is 0 Å². The number of carbonyl (C=O) groups is 1. The van der Waals surface area contributed by atoms with Crippen LogP contribution < -0.4 is 4.74 Å². The van der Waals surface area contributed by atoms with E-state index in [1.165, 1.54) is 4.90 Å². The number of likely N-dealkylation sites (N-methyl/N-ethyl adjacent to an activating group) is 1. The van der Waals surface area contributed by atoms with Gasteiger partial charge in [0.15, 0.2) is 6.61 Å². The van der Waals surface area contributed by atoms with Gasteiger partial charge < -0.3 is 14.7 Å². The second-order valence-electron chi connectivity index (χ2n) is 3.46. The molecule has 0 unspecified atom stereocenters. The summed E-state index contributed by atoms with van der Waals surface area (Å²) in [6.45, 7) is -0.268. The van der Waals surface area contributed by atoms with Crippen LogP contribution in [0.5, 0.6) is 5.75 Å². The predicted octanol–water partition coefficient (Wildman–Crippen LogP) is 1.30. The lowest BCUT2D eigenvalue weighted by Crippen LogP contribution is -2.27. The molecule has 0 saturated heterocycles. The Kier molecular flexibility index (Phi) is 4.58. The minimum Gasteiger partial charge on any atom is -0.482 e. The third-order valence-corrected chi connectivity index (χ3v) is 2.36. The average Bonchev–Trinajstić information content (AvgIpc) is 2.26. The van der Waals surface area contributed by atoms with E-state index in [2.05, 4.69) is 0 Å². The summed E-state index contributed by atoms with van der Waals surface area (Å²) in [5.74, 6) is 0.200. The molecular formula is C11H14ClNO3. The number of ether oxygens (including phenoxy) is 1. The van der Waals surface area contributed by atoms with Crippen molar-refractivity contribution < 1.29 is 14.6 Å². The molecule has 0 saturated carbocycles. The van der Waals surface area contributed by atoms with E-state index in [0.717, 1.165) is 0 Å². The van der Waals surface area contributed by atoms with Gasteiger partial charge in [0.2, 0.25) is 0 Å². The lowest BCUT2D eigenvalue weighted by Gasteiger charge is -2.14. The van der Waals surface area contributed by atoms with Crippen LogP contribution in [0, 0.1) is 0 Å². The highest BCUT2D eigenvalue weighted by molar-refractivity contribution is 6.32. The van der Waals surface area contributed by atoms with Crippen LogP contribution in [0.25, 0.3) is 0 Å². The van der Waals surface area contributed by atoms with Gasteiger partial charge in [0, 0.05) is 19.7 Å². The molecule has 0 aliphatic heterocycles. The molecule has 0 bridgehead atoms. The first kappa shape index (κ1) is 12.8. The van der Waals surface area contributed by atoms with Gasteiger partial charge in [0.25, 0.3) is 5.91 Å². The van der Waals surface area contributed by atoms with Gasteiger partial charge in [-0.25, -0.2) is 0 Å². The third-order valence-electron chi connectivity index (χ3n) is 2.06. The summed E-state index contributed by atoms with van der Waals surface area (Å²) in [5.41, 5.74) is 0.569. The van der Waals surface area contributed by atoms with Crippen LogP contribution in [-0.4, -0.2) is 36.6 Å². The molecule has 1 aromatic carbocycles. The van der Waals surface area contributed by atoms with Crippen molar-refractivity contribution in [2.24, 2.45) is 0 Å². The van der Waals surface area contributed by atoms with Crippen molar-refractivity contribution in [3.05, 3.63) is 28.8 Å². The molecule has 16 heavy (non-hydrogen) atoms. The number of nitrogens with zero attached hydrogens (tertiary/aromatic N) is 1. The summed E-state index contributed by atoms with van der Waals surface area (Å²) >= 11 is 5.91. The maximum absolute atomic E-state index is 11.3. The Balaban J connectivity index is 2.76. The van der Waals surface area contributed by atoms with Gasteiger partial charge >= 0.3 is 0 Å². The van der Waals surface area contributed by atoms with Gasteiger partial charge in [-0.3, -0.25) is 4.79 Å². The lowest BCUT2D eigenvalue weighted by molar-refractivity contribution is -0.130. The zero-order valence-corrected chi connectivity index (χ0v) is 9.99. The zero-order chi connectivity index (χ0) is 12.1. The molecule has 0 radical (unpaired) electrons. The van der Waals surface area contributed by atoms with Gasteiger partial charge in [0.05, 0.1) is 11.6 Å². The lowest BCUT2D eigenvalue weighted by atomic mass is 10.2. The van der Waals surface area contributed by atoms with Crippen LogP contribution in [0.4, 0.5) is 0 Å². The highest BCUT2D eigenvalue weighted by atomic mass is 35.5. The fourth-order valence-electron chi connectivity index (χ4n) is 1.10. The Bertz CT molecular complexity index is 379. The maximum Gasteiger partial charge on any atom is 0.259 e. The number of carbonyl (C=O) groups excluding carboxylic acids is 1. The highest BCUT2D eigenvalue weighted by Crippen LogP contribution is 2.28. The van der Waals surface area contributed by atoms with Gasteiger partial charge in [-0.15, -0.1) is 0 Å². The van der Waals surface area contributed by atoms with E-state index in [0.29, 0.717) is 16.3 Å². The normalized spacial score (nSPS) is 10.0. The van der Waals surface area contributed by atoms with E-state index in [-0.39, 0.29) is 19.1 Å². The van der Waals surface area contributed by atoms with Crippen molar-refractivity contribution in [2.45, 2.75) is 6.61 Å². The van der Waals surface area contributed by atoms with E-state index in [9.17, 15) is 4.79 Å². The van der Waals surface area contributed by atoms with Gasteiger partial charge in [-0.1, -0.05) is 23.7 Å². The number of halogens is 1. The Morgan fingerprint density at radius 2 is 2.19 bits per heavy atom. The minimum atomic E-state index is -0.175. The zero-order valence-electron chi connectivity index (χ0n) is 9.24. The fraction of sp³-hybridized carbons (Fsp3) is 0.364. The molecule has 0 aromatic heterocycles. The quantitative estimate of drug-likeness (QED) is 0.867. The van der Waals surface area contributed by atoms with Crippen molar-refractivity contribution in [1.29, 1.82) is 0 Å². The number of benzene rings is 1. The summed E-state index contributed by atoms with van der Waals surface area (Å²) < 4.78 is 5.30. The molecule has 0 aliphatic rings. The average molecular weight is 244 g/mol. The minimum absolute atomic E-state index is 0.0935. The van der Waals surface area contributed by atoms with Gasteiger partial charge in [-0.2, -0.15) is 0 Å². The van der Waals surface area contributed by atoms with Crippen LogP contribution in [0.1, 0.15) is 5.56 Å². The van der Waals surface area contributed by atoms with Gasteiger partial charge in [-0.05, 0) is 6.07 Å². The van der Waals surface area contributed by atoms with Crippen molar-refractivity contribution in [3.63, 3.8) is 0 Å². The monoisotopic (exact) mass is 243 g/mol. The third kappa shape index (κ3) is 3.12. The van der Waals surface area contributed by atoms with Crippen LogP contribution in [0.3, 0.4) is 0 Å². The SMILES string of the molecule is CN(C)C(=O)COc1c(Cl)cccc1CO. The summed E-state index contributed by atoms with van der Waals surface area (Å²) in [4.78, 5) is 12.7. The maximum atomic E-state index is 11.3. The van der Waals surface area contributed by atoms with Crippen molar-refractivity contribution in [2.75, 3.05) is 20.7 Å². The molecule has 88 valence electrons. The molecule has 1 aromatic rings. The van der Waals surface area contributed by atoms with Crippen molar-refractivity contribution >= 4 is 17.5 Å².